The third-order valence-electron chi connectivity index (χ3n) is 6.94. The maximum absolute atomic E-state index is 12.8. The second kappa shape index (κ2) is 10.2. The van der Waals surface area contributed by atoms with Gasteiger partial charge in [-0.25, -0.2) is 0 Å². The molecule has 188 valence electrons. The molecule has 2 heterocycles. The summed E-state index contributed by atoms with van der Waals surface area (Å²) in [5.41, 5.74) is -0.104. The molecule has 2 aliphatic rings. The van der Waals surface area contributed by atoms with Crippen LogP contribution in [-0.4, -0.2) is 53.0 Å². The quantitative estimate of drug-likeness (QED) is 0.652. The van der Waals surface area contributed by atoms with E-state index >= 15 is 0 Å². The molecule has 0 bridgehead atoms. The predicted molar refractivity (Wildman–Crippen MR) is 124 cm³/mol. The Hall–Kier alpha value is -3.14. The average molecular weight is 491 g/mol. The molecule has 0 spiro atoms. The summed E-state index contributed by atoms with van der Waals surface area (Å²) in [7, 11) is 1.77. The minimum Gasteiger partial charge on any atom is -0.349 e. The monoisotopic (exact) mass is 490 g/mol. The van der Waals surface area contributed by atoms with Crippen LogP contribution in [0.25, 0.3) is 0 Å². The molecular formula is C25H29F3N4O3. The molecule has 0 unspecified atom stereocenters. The van der Waals surface area contributed by atoms with Crippen LogP contribution in [0.4, 0.5) is 13.2 Å². The van der Waals surface area contributed by atoms with Crippen LogP contribution in [0.15, 0.2) is 47.4 Å². The number of carbonyl (C=O) groups is 2. The number of hydrogen-bond acceptors (Lipinski definition) is 4. The number of aryl methyl sites for hydroxylation is 1. The molecule has 1 saturated heterocycles. The lowest BCUT2D eigenvalue weighted by molar-refractivity contribution is -0.137. The van der Waals surface area contributed by atoms with Gasteiger partial charge in [-0.3, -0.25) is 19.3 Å². The topological polar surface area (TPSA) is 83.4 Å². The normalized spacial score (nSPS) is 21.3. The van der Waals surface area contributed by atoms with Gasteiger partial charge in [0.15, 0.2) is 0 Å². The minimum absolute atomic E-state index is 0.0212. The van der Waals surface area contributed by atoms with Gasteiger partial charge in [-0.05, 0) is 55.9 Å². The molecule has 35 heavy (non-hydrogen) atoms. The summed E-state index contributed by atoms with van der Waals surface area (Å²) in [6.45, 7) is 1.13. The minimum atomic E-state index is -4.54. The third kappa shape index (κ3) is 5.93. The Balaban J connectivity index is 1.17. The van der Waals surface area contributed by atoms with Crippen molar-refractivity contribution in [2.75, 3.05) is 19.6 Å². The van der Waals surface area contributed by atoms with Crippen LogP contribution in [0.1, 0.15) is 53.1 Å². The van der Waals surface area contributed by atoms with E-state index in [4.69, 9.17) is 0 Å². The maximum Gasteiger partial charge on any atom is 0.416 e. The molecule has 0 atom stereocenters. The number of pyridine rings is 1. The molecular weight excluding hydrogens is 461 g/mol. The Morgan fingerprint density at radius 2 is 1.77 bits per heavy atom. The zero-order valence-corrected chi connectivity index (χ0v) is 19.5. The number of amides is 2. The molecule has 0 radical (unpaired) electrons. The zero-order chi connectivity index (χ0) is 25.2. The molecule has 1 aromatic heterocycles. The van der Waals surface area contributed by atoms with Crippen LogP contribution in [0, 0.1) is 0 Å². The second-order valence-electron chi connectivity index (χ2n) is 9.36. The number of likely N-dealkylation sites (tertiary alicyclic amines) is 1. The van der Waals surface area contributed by atoms with E-state index in [1.165, 1.54) is 6.07 Å². The SMILES string of the molecule is Cn1cccc([C@H]2CC[C@@H](N3CC(NC(=O)CNC(=O)c4cccc(C(F)(F)F)c4)C3)CC2)c1=O. The van der Waals surface area contributed by atoms with E-state index in [0.29, 0.717) is 6.04 Å². The molecule has 1 aliphatic carbocycles. The van der Waals surface area contributed by atoms with Gasteiger partial charge < -0.3 is 15.2 Å². The first-order chi connectivity index (χ1) is 16.6. The van der Waals surface area contributed by atoms with Gasteiger partial charge in [-0.15, -0.1) is 0 Å². The van der Waals surface area contributed by atoms with E-state index in [0.717, 1.165) is 62.5 Å². The van der Waals surface area contributed by atoms with Crippen molar-refractivity contribution in [1.29, 1.82) is 0 Å². The van der Waals surface area contributed by atoms with Crippen LogP contribution in [0.2, 0.25) is 0 Å². The van der Waals surface area contributed by atoms with Crippen LogP contribution in [-0.2, 0) is 18.0 Å². The van der Waals surface area contributed by atoms with Gasteiger partial charge in [0, 0.05) is 43.5 Å². The van der Waals surface area contributed by atoms with Crippen molar-refractivity contribution in [2.24, 2.45) is 7.05 Å². The maximum atomic E-state index is 12.8. The van der Waals surface area contributed by atoms with Gasteiger partial charge in [-0.1, -0.05) is 12.1 Å². The Morgan fingerprint density at radius 3 is 2.46 bits per heavy atom. The standard InChI is InChI=1S/C25H29F3N4O3/c1-31-11-3-6-21(24(31)35)16-7-9-20(10-8-16)32-14-19(15-32)30-22(33)13-29-23(34)17-4-2-5-18(12-17)25(26,27)28/h2-6,11-12,16,19-20H,7-10,13-15H2,1H3,(H,29,34)(H,30,33)/t16-,20+. The largest absolute Gasteiger partial charge is 0.416 e. The first-order valence-corrected chi connectivity index (χ1v) is 11.8. The average Bonchev–Trinajstić information content (AvgIpc) is 2.81. The highest BCUT2D eigenvalue weighted by atomic mass is 19.4. The first-order valence-electron chi connectivity index (χ1n) is 11.8. The van der Waals surface area contributed by atoms with Gasteiger partial charge in [0.2, 0.25) is 5.91 Å². The highest BCUT2D eigenvalue weighted by Crippen LogP contribution is 2.35. The van der Waals surface area contributed by atoms with Gasteiger partial charge in [0.25, 0.3) is 11.5 Å². The van der Waals surface area contributed by atoms with Crippen LogP contribution in [0.5, 0.6) is 0 Å². The lowest BCUT2D eigenvalue weighted by Gasteiger charge is -2.46. The molecule has 7 nitrogen and oxygen atoms in total. The van der Waals surface area contributed by atoms with Crippen molar-refractivity contribution >= 4 is 11.8 Å². The van der Waals surface area contributed by atoms with Crippen LogP contribution < -0.4 is 16.2 Å². The van der Waals surface area contributed by atoms with E-state index < -0.39 is 17.6 Å². The Labute approximate surface area is 201 Å². The van der Waals surface area contributed by atoms with Gasteiger partial charge in [0.05, 0.1) is 18.2 Å². The van der Waals surface area contributed by atoms with Crippen LogP contribution >= 0.6 is 0 Å². The fraction of sp³-hybridized carbons (Fsp3) is 0.480. The number of rotatable bonds is 6. The van der Waals surface area contributed by atoms with Gasteiger partial charge in [0.1, 0.15) is 0 Å². The molecule has 2 N–H and O–H groups in total. The number of carbonyl (C=O) groups excluding carboxylic acids is 2. The second-order valence-corrected chi connectivity index (χ2v) is 9.36. The Bertz CT molecular complexity index is 1130. The van der Waals surface area contributed by atoms with Crippen molar-refractivity contribution < 1.29 is 22.8 Å². The number of nitrogens with one attached hydrogen (secondary N) is 2. The summed E-state index contributed by atoms with van der Waals surface area (Å²) in [4.78, 5) is 39.0. The van der Waals surface area contributed by atoms with E-state index in [1.54, 1.807) is 17.8 Å². The number of nitrogens with zero attached hydrogens (tertiary/aromatic N) is 2. The molecule has 2 fully saturated rings. The third-order valence-corrected chi connectivity index (χ3v) is 6.94. The summed E-state index contributed by atoms with van der Waals surface area (Å²) in [6, 6.07) is 8.33. The van der Waals surface area contributed by atoms with E-state index in [9.17, 15) is 27.6 Å². The number of alkyl halides is 3. The lowest BCUT2D eigenvalue weighted by Crippen LogP contribution is -2.63. The van der Waals surface area contributed by atoms with E-state index in [-0.39, 0.29) is 35.5 Å². The Morgan fingerprint density at radius 1 is 1.06 bits per heavy atom. The number of aromatic nitrogens is 1. The molecule has 2 amide bonds. The van der Waals surface area contributed by atoms with Crippen molar-refractivity contribution in [1.82, 2.24) is 20.1 Å². The van der Waals surface area contributed by atoms with Crippen LogP contribution in [0.3, 0.4) is 0 Å². The van der Waals surface area contributed by atoms with Crippen molar-refractivity contribution in [2.45, 2.75) is 49.9 Å². The molecule has 4 rings (SSSR count). The first kappa shape index (κ1) is 25.0. The summed E-state index contributed by atoms with van der Waals surface area (Å²) in [5, 5.41) is 5.23. The van der Waals surface area contributed by atoms with Crippen molar-refractivity contribution in [3.05, 3.63) is 69.6 Å². The molecule has 2 aromatic rings. The zero-order valence-electron chi connectivity index (χ0n) is 19.5. The predicted octanol–water partition coefficient (Wildman–Crippen LogP) is 2.66. The van der Waals surface area contributed by atoms with Gasteiger partial charge in [-0.2, -0.15) is 13.2 Å². The number of hydrogen-bond donors (Lipinski definition) is 2. The summed E-state index contributed by atoms with van der Waals surface area (Å²) in [6.07, 6.45) is 1.13. The fourth-order valence-corrected chi connectivity index (χ4v) is 4.96. The van der Waals surface area contributed by atoms with Crippen molar-refractivity contribution in [3.63, 3.8) is 0 Å². The smallest absolute Gasteiger partial charge is 0.349 e. The van der Waals surface area contributed by atoms with Crippen molar-refractivity contribution in [3.8, 4) is 0 Å². The summed E-state index contributed by atoms with van der Waals surface area (Å²) in [5.74, 6) is -0.825. The fourth-order valence-electron chi connectivity index (χ4n) is 4.96. The molecule has 1 saturated carbocycles. The molecule has 1 aromatic carbocycles. The number of benzene rings is 1. The highest BCUT2D eigenvalue weighted by Gasteiger charge is 2.36. The van der Waals surface area contributed by atoms with E-state index in [1.807, 2.05) is 12.1 Å². The molecule has 10 heteroatoms. The Kier molecular flexibility index (Phi) is 7.30. The van der Waals surface area contributed by atoms with Gasteiger partial charge >= 0.3 is 6.18 Å². The molecule has 1 aliphatic heterocycles. The number of halogens is 3. The van der Waals surface area contributed by atoms with E-state index in [2.05, 4.69) is 15.5 Å². The lowest BCUT2D eigenvalue weighted by atomic mass is 9.80. The highest BCUT2D eigenvalue weighted by molar-refractivity contribution is 5.96. The summed E-state index contributed by atoms with van der Waals surface area (Å²) < 4.78 is 40.1. The summed E-state index contributed by atoms with van der Waals surface area (Å²) >= 11 is 0.